The number of amides is 2. The Kier molecular flexibility index (Phi) is 12.4. The fourth-order valence-electron chi connectivity index (χ4n) is 0.645. The van der Waals surface area contributed by atoms with Crippen molar-refractivity contribution >= 4 is 36.6 Å². The van der Waals surface area contributed by atoms with Gasteiger partial charge in [0.2, 0.25) is 11.8 Å². The zero-order valence-electron chi connectivity index (χ0n) is 8.44. The van der Waals surface area contributed by atoms with Gasteiger partial charge in [0.25, 0.3) is 0 Å². The number of nitrogens with zero attached hydrogens (tertiary/aromatic N) is 1. The van der Waals surface area contributed by atoms with Gasteiger partial charge in [-0.2, -0.15) is 0 Å². The highest BCUT2D eigenvalue weighted by atomic mass is 35.5. The minimum atomic E-state index is -0.600. The molecule has 14 heavy (non-hydrogen) atoms. The van der Waals surface area contributed by atoms with Crippen molar-refractivity contribution in [1.29, 1.82) is 0 Å². The molecule has 0 saturated heterocycles. The van der Waals surface area contributed by atoms with Gasteiger partial charge in [0.05, 0.1) is 6.54 Å². The summed E-state index contributed by atoms with van der Waals surface area (Å²) in [4.78, 5) is 23.2. The van der Waals surface area contributed by atoms with Gasteiger partial charge in [-0.1, -0.05) is 0 Å². The SMILES string of the molecule is C[C@@H](NC(=O)CN(C)C)C(N)=O.Cl.Cl. The molecule has 5 nitrogen and oxygen atoms in total. The number of hydrogen-bond acceptors (Lipinski definition) is 3. The van der Waals surface area contributed by atoms with Gasteiger partial charge in [-0.05, 0) is 21.0 Å². The Labute approximate surface area is 96.2 Å². The first-order valence-corrected chi connectivity index (χ1v) is 3.67. The van der Waals surface area contributed by atoms with Crippen LogP contribution in [-0.2, 0) is 9.59 Å². The second kappa shape index (κ2) is 9.05. The minimum Gasteiger partial charge on any atom is -0.368 e. The molecule has 1 atom stereocenters. The van der Waals surface area contributed by atoms with Crippen LogP contribution < -0.4 is 11.1 Å². The Morgan fingerprint density at radius 2 is 1.79 bits per heavy atom. The van der Waals surface area contributed by atoms with Crippen molar-refractivity contribution in [2.24, 2.45) is 5.73 Å². The van der Waals surface area contributed by atoms with Crippen molar-refractivity contribution in [2.75, 3.05) is 20.6 Å². The molecule has 0 unspecified atom stereocenters. The Morgan fingerprint density at radius 1 is 1.36 bits per heavy atom. The maximum absolute atomic E-state index is 11.0. The van der Waals surface area contributed by atoms with Crippen LogP contribution in [0.4, 0.5) is 0 Å². The summed E-state index contributed by atoms with van der Waals surface area (Å²) < 4.78 is 0. The van der Waals surface area contributed by atoms with Gasteiger partial charge in [-0.15, -0.1) is 24.8 Å². The zero-order valence-corrected chi connectivity index (χ0v) is 10.1. The van der Waals surface area contributed by atoms with E-state index < -0.39 is 11.9 Å². The molecule has 0 radical (unpaired) electrons. The molecule has 0 aliphatic rings. The van der Waals surface area contributed by atoms with E-state index in [2.05, 4.69) is 5.32 Å². The quantitative estimate of drug-likeness (QED) is 0.694. The normalized spacial score (nSPS) is 10.9. The first kappa shape index (κ1) is 19.1. The molecule has 7 heteroatoms. The molecule has 0 saturated carbocycles. The van der Waals surface area contributed by atoms with Crippen molar-refractivity contribution in [2.45, 2.75) is 13.0 Å². The topological polar surface area (TPSA) is 75.4 Å². The molecule has 3 N–H and O–H groups in total. The van der Waals surface area contributed by atoms with Crippen LogP contribution in [-0.4, -0.2) is 43.4 Å². The molecule has 0 spiro atoms. The van der Waals surface area contributed by atoms with E-state index in [0.717, 1.165) is 0 Å². The van der Waals surface area contributed by atoms with E-state index in [1.807, 2.05) is 0 Å². The van der Waals surface area contributed by atoms with Gasteiger partial charge in [0.15, 0.2) is 0 Å². The van der Waals surface area contributed by atoms with Crippen LogP contribution >= 0.6 is 24.8 Å². The Balaban J connectivity index is -0.000000605. The lowest BCUT2D eigenvalue weighted by Gasteiger charge is -2.12. The highest BCUT2D eigenvalue weighted by Crippen LogP contribution is 1.80. The third-order valence-corrected chi connectivity index (χ3v) is 1.26. The molecule has 0 aliphatic heterocycles. The van der Waals surface area contributed by atoms with E-state index in [1.54, 1.807) is 25.9 Å². The van der Waals surface area contributed by atoms with Gasteiger partial charge >= 0.3 is 0 Å². The monoisotopic (exact) mass is 245 g/mol. The number of carbonyl (C=O) groups excluding carboxylic acids is 2. The predicted octanol–water partition coefficient (Wildman–Crippen LogP) is -0.618. The first-order chi connectivity index (χ1) is 5.43. The first-order valence-electron chi connectivity index (χ1n) is 3.67. The molecule has 0 aromatic rings. The molecular weight excluding hydrogens is 229 g/mol. The molecule has 0 aromatic carbocycles. The summed E-state index contributed by atoms with van der Waals surface area (Å²) in [6.45, 7) is 1.81. The molecule has 0 fully saturated rings. The van der Waals surface area contributed by atoms with Gasteiger partial charge < -0.3 is 16.0 Å². The lowest BCUT2D eigenvalue weighted by Crippen LogP contribution is -2.45. The minimum absolute atomic E-state index is 0. The number of hydrogen-bond donors (Lipinski definition) is 2. The number of rotatable bonds is 4. The molecule has 86 valence electrons. The summed E-state index contributed by atoms with van der Waals surface area (Å²) in [5, 5.41) is 2.46. The van der Waals surface area contributed by atoms with Crippen LogP contribution in [0.1, 0.15) is 6.92 Å². The van der Waals surface area contributed by atoms with Crippen LogP contribution in [0.15, 0.2) is 0 Å². The highest BCUT2D eigenvalue weighted by Gasteiger charge is 2.11. The lowest BCUT2D eigenvalue weighted by molar-refractivity contribution is -0.127. The van der Waals surface area contributed by atoms with E-state index in [1.165, 1.54) is 0 Å². The van der Waals surface area contributed by atoms with E-state index in [-0.39, 0.29) is 37.3 Å². The van der Waals surface area contributed by atoms with Crippen molar-refractivity contribution in [3.63, 3.8) is 0 Å². The summed E-state index contributed by atoms with van der Waals surface area (Å²) in [5.41, 5.74) is 4.95. The molecular formula is C7H17Cl2N3O2. The number of nitrogens with two attached hydrogens (primary N) is 1. The van der Waals surface area contributed by atoms with Crippen LogP contribution in [0, 0.1) is 0 Å². The highest BCUT2D eigenvalue weighted by molar-refractivity contribution is 5.87. The van der Waals surface area contributed by atoms with Crippen molar-refractivity contribution in [3.05, 3.63) is 0 Å². The number of halogens is 2. The second-order valence-corrected chi connectivity index (χ2v) is 2.93. The van der Waals surface area contributed by atoms with E-state index in [9.17, 15) is 9.59 Å². The van der Waals surface area contributed by atoms with Crippen LogP contribution in [0.25, 0.3) is 0 Å². The third-order valence-electron chi connectivity index (χ3n) is 1.26. The van der Waals surface area contributed by atoms with Gasteiger partial charge in [0, 0.05) is 0 Å². The van der Waals surface area contributed by atoms with E-state index in [4.69, 9.17) is 5.73 Å². The van der Waals surface area contributed by atoms with Gasteiger partial charge in [0.1, 0.15) is 6.04 Å². The van der Waals surface area contributed by atoms with Crippen molar-refractivity contribution < 1.29 is 9.59 Å². The zero-order chi connectivity index (χ0) is 9.72. The van der Waals surface area contributed by atoms with Crippen LogP contribution in [0.3, 0.4) is 0 Å². The largest absolute Gasteiger partial charge is 0.368 e. The standard InChI is InChI=1S/C7H15N3O2.2ClH/c1-5(7(8)12)9-6(11)4-10(2)3;;/h5H,4H2,1-3H3,(H2,8,12)(H,9,11);2*1H/t5-;;/m1../s1. The Hall–Kier alpha value is -0.520. The molecule has 2 amide bonds. The number of nitrogens with one attached hydrogen (secondary N) is 1. The average Bonchev–Trinajstić information content (AvgIpc) is 1.84. The van der Waals surface area contributed by atoms with Gasteiger partial charge in [-0.3, -0.25) is 9.59 Å². The summed E-state index contributed by atoms with van der Waals surface area (Å²) in [6, 6.07) is -0.600. The smallest absolute Gasteiger partial charge is 0.239 e. The average molecular weight is 246 g/mol. The summed E-state index contributed by atoms with van der Waals surface area (Å²) >= 11 is 0. The fourth-order valence-corrected chi connectivity index (χ4v) is 0.645. The molecule has 0 aliphatic carbocycles. The molecule has 0 rings (SSSR count). The molecule has 0 bridgehead atoms. The molecule has 0 heterocycles. The van der Waals surface area contributed by atoms with Crippen molar-refractivity contribution in [3.8, 4) is 0 Å². The fraction of sp³-hybridized carbons (Fsp3) is 0.714. The number of likely N-dealkylation sites (N-methyl/N-ethyl adjacent to an activating group) is 1. The molecule has 0 aromatic heterocycles. The summed E-state index contributed by atoms with van der Waals surface area (Å²) in [6.07, 6.45) is 0. The summed E-state index contributed by atoms with van der Waals surface area (Å²) in [5.74, 6) is -0.728. The predicted molar refractivity (Wildman–Crippen MR) is 59.8 cm³/mol. The Bertz CT molecular complexity index is 188. The van der Waals surface area contributed by atoms with Crippen molar-refractivity contribution in [1.82, 2.24) is 10.2 Å². The van der Waals surface area contributed by atoms with Gasteiger partial charge in [-0.25, -0.2) is 0 Å². The second-order valence-electron chi connectivity index (χ2n) is 2.93. The third kappa shape index (κ3) is 9.57. The number of carbonyl (C=O) groups is 2. The van der Waals surface area contributed by atoms with E-state index >= 15 is 0 Å². The maximum atomic E-state index is 11.0. The Morgan fingerprint density at radius 3 is 2.07 bits per heavy atom. The van der Waals surface area contributed by atoms with Crippen LogP contribution in [0.5, 0.6) is 0 Å². The van der Waals surface area contributed by atoms with E-state index in [0.29, 0.717) is 0 Å². The summed E-state index contributed by atoms with van der Waals surface area (Å²) in [7, 11) is 3.54. The number of primary amides is 1. The van der Waals surface area contributed by atoms with Crippen LogP contribution in [0.2, 0.25) is 0 Å². The lowest BCUT2D eigenvalue weighted by atomic mass is 10.3. The maximum Gasteiger partial charge on any atom is 0.239 e.